The van der Waals surface area contributed by atoms with Crippen LogP contribution in [0.15, 0.2) is 41.8 Å². The number of aliphatic imine (C=N–C) groups is 1. The highest BCUT2D eigenvalue weighted by Gasteiger charge is 2.57. The van der Waals surface area contributed by atoms with Gasteiger partial charge in [0.1, 0.15) is 33.7 Å². The van der Waals surface area contributed by atoms with E-state index in [2.05, 4.69) is 20.3 Å². The van der Waals surface area contributed by atoms with E-state index in [1.165, 1.54) is 12.5 Å². The van der Waals surface area contributed by atoms with Crippen LogP contribution in [0, 0.1) is 0 Å². The summed E-state index contributed by atoms with van der Waals surface area (Å²) in [7, 11) is -3.64. The number of halogens is 1. The van der Waals surface area contributed by atoms with Crippen molar-refractivity contribution in [3.05, 3.63) is 47.4 Å². The van der Waals surface area contributed by atoms with E-state index in [0.717, 1.165) is 0 Å². The Balaban J connectivity index is 1.64. The first-order valence-corrected chi connectivity index (χ1v) is 12.4. The molecule has 172 valence electrons. The van der Waals surface area contributed by atoms with Crippen LogP contribution in [0.5, 0.6) is 5.75 Å². The fraction of sp³-hybridized carbons (Fsp3) is 0.364. The molecular formula is C22H23ClN6O3S. The maximum Gasteiger partial charge on any atom is 0.168 e. The number of ether oxygens (including phenoxy) is 1. The fourth-order valence-corrected chi connectivity index (χ4v) is 6.87. The van der Waals surface area contributed by atoms with Crippen molar-refractivity contribution in [2.45, 2.75) is 42.7 Å². The van der Waals surface area contributed by atoms with Crippen molar-refractivity contribution in [3.63, 3.8) is 0 Å². The van der Waals surface area contributed by atoms with Crippen LogP contribution in [0.1, 0.15) is 32.8 Å². The number of fused-ring (bicyclic) bond motifs is 4. The Kier molecular flexibility index (Phi) is 4.81. The van der Waals surface area contributed by atoms with Gasteiger partial charge in [0.15, 0.2) is 15.7 Å². The van der Waals surface area contributed by atoms with Crippen molar-refractivity contribution in [2.24, 2.45) is 10.7 Å². The molecule has 2 aliphatic heterocycles. The summed E-state index contributed by atoms with van der Waals surface area (Å²) in [6, 6.07) is 7.18. The Bertz CT molecular complexity index is 1420. The molecule has 0 spiro atoms. The lowest BCUT2D eigenvalue weighted by Gasteiger charge is -2.43. The summed E-state index contributed by atoms with van der Waals surface area (Å²) >= 11 is 6.03. The minimum atomic E-state index is -3.64. The lowest BCUT2D eigenvalue weighted by atomic mass is 9.86. The molecule has 3 N–H and O–H groups in total. The summed E-state index contributed by atoms with van der Waals surface area (Å²) < 4.78 is 31.7. The van der Waals surface area contributed by atoms with E-state index in [0.29, 0.717) is 45.3 Å². The molecular weight excluding hydrogens is 464 g/mol. The molecule has 2 aromatic heterocycles. The van der Waals surface area contributed by atoms with Crippen molar-refractivity contribution in [1.82, 2.24) is 15.0 Å². The quantitative estimate of drug-likeness (QED) is 0.563. The highest BCUT2D eigenvalue weighted by Crippen LogP contribution is 2.48. The molecule has 3 aromatic rings. The number of nitrogens with two attached hydrogens (primary N) is 1. The number of hydrogen-bond donors (Lipinski definition) is 2. The van der Waals surface area contributed by atoms with Crippen LogP contribution < -0.4 is 15.8 Å². The number of amidine groups is 1. The fourth-order valence-electron chi connectivity index (χ4n) is 4.48. The highest BCUT2D eigenvalue weighted by atomic mass is 35.5. The first-order valence-electron chi connectivity index (χ1n) is 10.4. The van der Waals surface area contributed by atoms with Crippen LogP contribution in [0.4, 0.5) is 11.5 Å². The summed E-state index contributed by atoms with van der Waals surface area (Å²) in [6.07, 6.45) is 3.27. The Labute approximate surface area is 196 Å². The number of hydrogen-bond acceptors (Lipinski definition) is 9. The lowest BCUT2D eigenvalue weighted by molar-refractivity contribution is 0.311. The van der Waals surface area contributed by atoms with Crippen LogP contribution in [-0.4, -0.2) is 45.8 Å². The van der Waals surface area contributed by atoms with Gasteiger partial charge in [-0.1, -0.05) is 11.6 Å². The number of sulfone groups is 1. The number of pyridine rings is 1. The van der Waals surface area contributed by atoms with Crippen molar-refractivity contribution in [1.29, 1.82) is 0 Å². The van der Waals surface area contributed by atoms with Crippen molar-refractivity contribution < 1.29 is 13.2 Å². The van der Waals surface area contributed by atoms with Crippen LogP contribution in [0.3, 0.4) is 0 Å². The van der Waals surface area contributed by atoms with Gasteiger partial charge in [-0.3, -0.25) is 4.99 Å². The molecule has 0 radical (unpaired) electrons. The molecule has 0 aliphatic carbocycles. The van der Waals surface area contributed by atoms with Gasteiger partial charge in [0, 0.05) is 23.9 Å². The number of nitrogens with one attached hydrogen (secondary N) is 1. The zero-order valence-corrected chi connectivity index (χ0v) is 19.9. The predicted octanol–water partition coefficient (Wildman–Crippen LogP) is 3.35. The molecule has 11 heteroatoms. The van der Waals surface area contributed by atoms with E-state index in [9.17, 15) is 8.42 Å². The third-order valence-electron chi connectivity index (χ3n) is 6.55. The highest BCUT2D eigenvalue weighted by molar-refractivity contribution is 7.94. The third kappa shape index (κ3) is 3.23. The normalized spacial score (nSPS) is 25.2. The Hall–Kier alpha value is -2.98. The minimum absolute atomic E-state index is 0.0929. The molecule has 0 bridgehead atoms. The SMILES string of the molecule is CC1(C)C(N)=N[C@]2(C)c3cc(Nc4ncnc5cc(Cl)cnc45)ccc3OCC[C@H]2S1(=O)=O. The Morgan fingerprint density at radius 2 is 1.97 bits per heavy atom. The largest absolute Gasteiger partial charge is 0.493 e. The molecule has 0 unspecified atom stereocenters. The molecule has 9 nitrogen and oxygen atoms in total. The molecule has 0 fully saturated rings. The van der Waals surface area contributed by atoms with Gasteiger partial charge in [0.25, 0.3) is 0 Å². The van der Waals surface area contributed by atoms with Crippen LogP contribution in [0.25, 0.3) is 11.0 Å². The molecule has 2 atom stereocenters. The van der Waals surface area contributed by atoms with E-state index < -0.39 is 25.4 Å². The topological polar surface area (TPSA) is 132 Å². The second kappa shape index (κ2) is 7.26. The van der Waals surface area contributed by atoms with E-state index in [1.807, 2.05) is 12.1 Å². The molecule has 33 heavy (non-hydrogen) atoms. The van der Waals surface area contributed by atoms with Gasteiger partial charge >= 0.3 is 0 Å². The van der Waals surface area contributed by atoms with Crippen LogP contribution in [0.2, 0.25) is 5.02 Å². The number of aromatic nitrogens is 3. The average molecular weight is 487 g/mol. The summed E-state index contributed by atoms with van der Waals surface area (Å²) in [5.41, 5.74) is 7.58. The first kappa shape index (κ1) is 21.8. The summed E-state index contributed by atoms with van der Waals surface area (Å²) in [6.45, 7) is 5.28. The molecule has 0 saturated heterocycles. The number of benzene rings is 1. The number of anilines is 2. The summed E-state index contributed by atoms with van der Waals surface area (Å²) in [4.78, 5) is 17.6. The summed E-state index contributed by atoms with van der Waals surface area (Å²) in [5, 5.41) is 2.96. The monoisotopic (exact) mass is 486 g/mol. The van der Waals surface area contributed by atoms with Gasteiger partial charge in [0.05, 0.1) is 22.4 Å². The zero-order chi connectivity index (χ0) is 23.6. The standard InChI is InChI=1S/C22H23ClN6O3S/c1-21(2)20(24)29-22(3)14-9-13(4-5-16(14)32-7-6-17(22)33(21,30)31)28-19-18-15(26-11-27-19)8-12(23)10-25-18/h4-5,8-11,17H,6-7H2,1-3H3,(H2,24,29)(H,26,27,28)/t17-,22-/m1/s1. The van der Waals surface area contributed by atoms with Gasteiger partial charge < -0.3 is 15.8 Å². The maximum atomic E-state index is 13.5. The van der Waals surface area contributed by atoms with Gasteiger partial charge in [-0.25, -0.2) is 23.4 Å². The Morgan fingerprint density at radius 1 is 1.18 bits per heavy atom. The zero-order valence-electron chi connectivity index (χ0n) is 18.3. The summed E-state index contributed by atoms with van der Waals surface area (Å²) in [5.74, 6) is 1.16. The molecule has 0 amide bonds. The molecule has 1 aromatic carbocycles. The van der Waals surface area contributed by atoms with Gasteiger partial charge in [-0.2, -0.15) is 0 Å². The molecule has 4 heterocycles. The van der Waals surface area contributed by atoms with Gasteiger partial charge in [-0.15, -0.1) is 0 Å². The van der Waals surface area contributed by atoms with Crippen LogP contribution >= 0.6 is 11.6 Å². The van der Waals surface area contributed by atoms with E-state index in [-0.39, 0.29) is 12.4 Å². The first-order chi connectivity index (χ1) is 15.5. The third-order valence-corrected chi connectivity index (χ3v) is 9.83. The van der Waals surface area contributed by atoms with E-state index in [1.54, 1.807) is 32.9 Å². The van der Waals surface area contributed by atoms with Gasteiger partial charge in [0.2, 0.25) is 0 Å². The molecule has 2 aliphatic rings. The van der Waals surface area contributed by atoms with Crippen molar-refractivity contribution in [3.8, 4) is 5.75 Å². The average Bonchev–Trinajstić information content (AvgIpc) is 2.90. The molecule has 0 saturated carbocycles. The second-order valence-electron chi connectivity index (χ2n) is 8.91. The lowest BCUT2D eigenvalue weighted by Crippen LogP contribution is -2.59. The van der Waals surface area contributed by atoms with Gasteiger partial charge in [-0.05, 0) is 45.0 Å². The minimum Gasteiger partial charge on any atom is -0.493 e. The van der Waals surface area contributed by atoms with E-state index >= 15 is 0 Å². The smallest absolute Gasteiger partial charge is 0.168 e. The maximum absolute atomic E-state index is 13.5. The van der Waals surface area contributed by atoms with E-state index in [4.69, 9.17) is 27.1 Å². The van der Waals surface area contributed by atoms with Crippen LogP contribution in [-0.2, 0) is 15.4 Å². The molecule has 5 rings (SSSR count). The number of rotatable bonds is 2. The second-order valence-corrected chi connectivity index (χ2v) is 12.0. The van der Waals surface area contributed by atoms with Crippen molar-refractivity contribution in [2.75, 3.05) is 11.9 Å². The van der Waals surface area contributed by atoms with Crippen molar-refractivity contribution >= 4 is 49.8 Å². The Morgan fingerprint density at radius 3 is 2.76 bits per heavy atom. The predicted molar refractivity (Wildman–Crippen MR) is 128 cm³/mol. The number of nitrogens with zero attached hydrogens (tertiary/aromatic N) is 4.